The molecule has 0 aromatic heterocycles. The van der Waals surface area contributed by atoms with Gasteiger partial charge in [-0.3, -0.25) is 0 Å². The minimum atomic E-state index is -0.533. The van der Waals surface area contributed by atoms with Gasteiger partial charge in [0.2, 0.25) is 0 Å². The normalized spacial score (nSPS) is 15.0. The number of aliphatic hydroxyl groups is 1. The van der Waals surface area contributed by atoms with Gasteiger partial charge in [-0.1, -0.05) is 42.5 Å². The van der Waals surface area contributed by atoms with E-state index < -0.39 is 6.10 Å². The second-order valence-electron chi connectivity index (χ2n) is 6.99. The predicted octanol–water partition coefficient (Wildman–Crippen LogP) is 3.19. The molecule has 1 fully saturated rings. The molecule has 1 atom stereocenters. The van der Waals surface area contributed by atoms with Gasteiger partial charge in [0, 0.05) is 19.7 Å². The topological polar surface area (TPSA) is 50.7 Å². The molecule has 4 heteroatoms. The van der Waals surface area contributed by atoms with Crippen molar-refractivity contribution in [3.8, 4) is 5.75 Å². The fraction of sp³-hybridized carbons (Fsp3) is 0.455. The van der Waals surface area contributed by atoms with Crippen molar-refractivity contribution in [2.45, 2.75) is 31.9 Å². The Morgan fingerprint density at radius 1 is 1.00 bits per heavy atom. The van der Waals surface area contributed by atoms with Crippen LogP contribution in [0.3, 0.4) is 0 Å². The SMILES string of the molecule is OC(CNCc1ccccc1)COc1ccc(CCOCC2CC2)cc1. The van der Waals surface area contributed by atoms with Gasteiger partial charge in [-0.2, -0.15) is 0 Å². The van der Waals surface area contributed by atoms with E-state index in [2.05, 4.69) is 29.6 Å². The average molecular weight is 355 g/mol. The average Bonchev–Trinajstić information content (AvgIpc) is 3.50. The quantitative estimate of drug-likeness (QED) is 0.574. The highest BCUT2D eigenvalue weighted by Gasteiger charge is 2.20. The summed E-state index contributed by atoms with van der Waals surface area (Å²) in [5.41, 5.74) is 2.45. The Morgan fingerprint density at radius 2 is 1.77 bits per heavy atom. The van der Waals surface area contributed by atoms with Gasteiger partial charge in [0.25, 0.3) is 0 Å². The number of rotatable bonds is 12. The first-order valence-corrected chi connectivity index (χ1v) is 9.52. The van der Waals surface area contributed by atoms with Gasteiger partial charge in [-0.15, -0.1) is 0 Å². The number of nitrogens with one attached hydrogen (secondary N) is 1. The maximum Gasteiger partial charge on any atom is 0.119 e. The fourth-order valence-electron chi connectivity index (χ4n) is 2.71. The molecule has 1 aliphatic rings. The van der Waals surface area contributed by atoms with Crippen LogP contribution in [0.5, 0.6) is 5.75 Å². The van der Waals surface area contributed by atoms with Crippen LogP contribution in [0.2, 0.25) is 0 Å². The van der Waals surface area contributed by atoms with E-state index >= 15 is 0 Å². The van der Waals surface area contributed by atoms with Crippen LogP contribution >= 0.6 is 0 Å². The second-order valence-corrected chi connectivity index (χ2v) is 6.99. The van der Waals surface area contributed by atoms with Crippen molar-refractivity contribution in [2.24, 2.45) is 5.92 Å². The first-order valence-electron chi connectivity index (χ1n) is 9.52. The fourth-order valence-corrected chi connectivity index (χ4v) is 2.71. The number of benzene rings is 2. The Bertz CT molecular complexity index is 626. The number of aliphatic hydroxyl groups excluding tert-OH is 1. The van der Waals surface area contributed by atoms with Gasteiger partial charge in [-0.25, -0.2) is 0 Å². The molecule has 1 unspecified atom stereocenters. The highest BCUT2D eigenvalue weighted by molar-refractivity contribution is 5.27. The smallest absolute Gasteiger partial charge is 0.119 e. The summed E-state index contributed by atoms with van der Waals surface area (Å²) >= 11 is 0. The van der Waals surface area contributed by atoms with Gasteiger partial charge < -0.3 is 19.9 Å². The molecule has 2 N–H and O–H groups in total. The van der Waals surface area contributed by atoms with E-state index in [1.807, 2.05) is 30.3 Å². The Balaban J connectivity index is 1.28. The van der Waals surface area contributed by atoms with Crippen molar-refractivity contribution >= 4 is 0 Å². The van der Waals surface area contributed by atoms with E-state index in [1.54, 1.807) is 0 Å². The lowest BCUT2D eigenvalue weighted by molar-refractivity contribution is 0.106. The summed E-state index contributed by atoms with van der Waals surface area (Å²) in [4.78, 5) is 0. The summed E-state index contributed by atoms with van der Waals surface area (Å²) in [5.74, 6) is 1.61. The summed E-state index contributed by atoms with van der Waals surface area (Å²) in [6, 6.07) is 18.2. The van der Waals surface area contributed by atoms with Crippen molar-refractivity contribution in [2.75, 3.05) is 26.4 Å². The summed E-state index contributed by atoms with van der Waals surface area (Å²) in [6.45, 7) is 3.23. The highest BCUT2D eigenvalue weighted by atomic mass is 16.5. The summed E-state index contributed by atoms with van der Waals surface area (Å²) < 4.78 is 11.3. The summed E-state index contributed by atoms with van der Waals surface area (Å²) in [7, 11) is 0. The molecule has 0 radical (unpaired) electrons. The maximum absolute atomic E-state index is 10.0. The zero-order valence-electron chi connectivity index (χ0n) is 15.3. The number of ether oxygens (including phenoxy) is 2. The minimum absolute atomic E-state index is 0.283. The lowest BCUT2D eigenvalue weighted by Crippen LogP contribution is -2.31. The third-order valence-corrected chi connectivity index (χ3v) is 4.50. The Hall–Kier alpha value is -1.88. The molecular formula is C22H29NO3. The summed E-state index contributed by atoms with van der Waals surface area (Å²) in [5, 5.41) is 13.3. The van der Waals surface area contributed by atoms with Crippen molar-refractivity contribution < 1.29 is 14.6 Å². The molecule has 140 valence electrons. The first kappa shape index (κ1) is 18.9. The van der Waals surface area contributed by atoms with Gasteiger partial charge in [-0.05, 0) is 48.4 Å². The van der Waals surface area contributed by atoms with Gasteiger partial charge in [0.15, 0.2) is 0 Å². The van der Waals surface area contributed by atoms with E-state index in [0.717, 1.165) is 37.8 Å². The largest absolute Gasteiger partial charge is 0.491 e. The van der Waals surface area contributed by atoms with Crippen LogP contribution < -0.4 is 10.1 Å². The van der Waals surface area contributed by atoms with E-state index in [9.17, 15) is 5.11 Å². The van der Waals surface area contributed by atoms with Crippen LogP contribution in [0.15, 0.2) is 54.6 Å². The molecular weight excluding hydrogens is 326 g/mol. The van der Waals surface area contributed by atoms with E-state index in [-0.39, 0.29) is 6.61 Å². The Kier molecular flexibility index (Phi) is 7.50. The zero-order valence-corrected chi connectivity index (χ0v) is 15.3. The molecule has 2 aromatic rings. The van der Waals surface area contributed by atoms with Crippen molar-refractivity contribution in [3.05, 3.63) is 65.7 Å². The van der Waals surface area contributed by atoms with Gasteiger partial charge >= 0.3 is 0 Å². The number of hydrogen-bond donors (Lipinski definition) is 2. The highest BCUT2D eigenvalue weighted by Crippen LogP contribution is 2.28. The van der Waals surface area contributed by atoms with Crippen LogP contribution in [0, 0.1) is 5.92 Å². The summed E-state index contributed by atoms with van der Waals surface area (Å²) in [6.07, 6.45) is 3.06. The lowest BCUT2D eigenvalue weighted by atomic mass is 10.1. The first-order chi connectivity index (χ1) is 12.8. The third kappa shape index (κ3) is 7.16. The van der Waals surface area contributed by atoms with Crippen molar-refractivity contribution in [1.29, 1.82) is 0 Å². The van der Waals surface area contributed by atoms with Crippen molar-refractivity contribution in [3.63, 3.8) is 0 Å². The van der Waals surface area contributed by atoms with Crippen molar-refractivity contribution in [1.82, 2.24) is 5.32 Å². The molecule has 0 bridgehead atoms. The number of hydrogen-bond acceptors (Lipinski definition) is 4. The lowest BCUT2D eigenvalue weighted by Gasteiger charge is -2.13. The van der Waals surface area contributed by atoms with Gasteiger partial charge in [0.05, 0.1) is 6.61 Å². The van der Waals surface area contributed by atoms with E-state index in [4.69, 9.17) is 9.47 Å². The zero-order chi connectivity index (χ0) is 18.0. The van der Waals surface area contributed by atoms with Crippen LogP contribution in [0.25, 0.3) is 0 Å². The van der Waals surface area contributed by atoms with Crippen LogP contribution in [-0.4, -0.2) is 37.6 Å². The Labute approximate surface area is 156 Å². The third-order valence-electron chi connectivity index (χ3n) is 4.50. The standard InChI is InChI=1S/C22H29NO3/c24-21(15-23-14-19-4-2-1-3-5-19)17-26-22-10-8-18(9-11-22)12-13-25-16-20-6-7-20/h1-5,8-11,20-21,23-24H,6-7,12-17H2. The molecule has 4 nitrogen and oxygen atoms in total. The molecule has 2 aromatic carbocycles. The molecule has 1 saturated carbocycles. The van der Waals surface area contributed by atoms with Crippen LogP contribution in [0.4, 0.5) is 0 Å². The molecule has 0 saturated heterocycles. The predicted molar refractivity (Wildman–Crippen MR) is 103 cm³/mol. The molecule has 1 aliphatic carbocycles. The Morgan fingerprint density at radius 3 is 2.50 bits per heavy atom. The minimum Gasteiger partial charge on any atom is -0.491 e. The molecule has 0 aliphatic heterocycles. The molecule has 0 heterocycles. The van der Waals surface area contributed by atoms with E-state index in [0.29, 0.717) is 6.54 Å². The second kappa shape index (κ2) is 10.3. The maximum atomic E-state index is 10.0. The van der Waals surface area contributed by atoms with Crippen LogP contribution in [-0.2, 0) is 17.7 Å². The van der Waals surface area contributed by atoms with E-state index in [1.165, 1.54) is 24.0 Å². The molecule has 0 spiro atoms. The molecule has 26 heavy (non-hydrogen) atoms. The monoisotopic (exact) mass is 355 g/mol. The molecule has 3 rings (SSSR count). The van der Waals surface area contributed by atoms with Crippen LogP contribution in [0.1, 0.15) is 24.0 Å². The van der Waals surface area contributed by atoms with Gasteiger partial charge in [0.1, 0.15) is 18.5 Å². The molecule has 0 amide bonds.